The van der Waals surface area contributed by atoms with Crippen molar-refractivity contribution in [1.82, 2.24) is 10.6 Å². The van der Waals surface area contributed by atoms with E-state index in [2.05, 4.69) is 28.8 Å². The molecule has 1 aromatic rings. The maximum Gasteiger partial charge on any atom is 0.231 e. The van der Waals surface area contributed by atoms with Gasteiger partial charge < -0.3 is 15.5 Å². The number of nitrogens with zero attached hydrogens (tertiary/aromatic N) is 1. The Bertz CT molecular complexity index is 445. The Kier molecular flexibility index (Phi) is 3.99. The van der Waals surface area contributed by atoms with E-state index in [0.717, 1.165) is 24.2 Å². The molecule has 0 saturated carbocycles. The van der Waals surface area contributed by atoms with Crippen LogP contribution in [0.2, 0.25) is 0 Å². The Balaban J connectivity index is 2.21. The number of hydrogen-bond acceptors (Lipinski definition) is 3. The molecule has 98 valence electrons. The summed E-state index contributed by atoms with van der Waals surface area (Å²) >= 11 is 0. The Morgan fingerprint density at radius 3 is 2.83 bits per heavy atom. The monoisotopic (exact) mass is 247 g/mol. The second kappa shape index (κ2) is 5.50. The molecule has 0 spiro atoms. The van der Waals surface area contributed by atoms with Gasteiger partial charge in [0.15, 0.2) is 0 Å². The van der Waals surface area contributed by atoms with Crippen molar-refractivity contribution in [2.24, 2.45) is 0 Å². The second-order valence-corrected chi connectivity index (χ2v) is 4.75. The van der Waals surface area contributed by atoms with Crippen LogP contribution in [0.15, 0.2) is 18.2 Å². The van der Waals surface area contributed by atoms with Crippen LogP contribution in [0.3, 0.4) is 0 Å². The van der Waals surface area contributed by atoms with E-state index in [1.54, 1.807) is 4.90 Å². The van der Waals surface area contributed by atoms with Crippen molar-refractivity contribution in [2.75, 3.05) is 32.6 Å². The first kappa shape index (κ1) is 13.1. The van der Waals surface area contributed by atoms with Gasteiger partial charge in [0.05, 0.1) is 6.42 Å². The molecule has 1 heterocycles. The van der Waals surface area contributed by atoms with Gasteiger partial charge in [0.25, 0.3) is 0 Å². The van der Waals surface area contributed by atoms with Gasteiger partial charge in [-0.25, -0.2) is 0 Å². The topological polar surface area (TPSA) is 44.4 Å². The summed E-state index contributed by atoms with van der Waals surface area (Å²) in [5.41, 5.74) is 3.45. The fourth-order valence-corrected chi connectivity index (χ4v) is 2.47. The van der Waals surface area contributed by atoms with E-state index >= 15 is 0 Å². The molecule has 1 aliphatic heterocycles. The summed E-state index contributed by atoms with van der Waals surface area (Å²) in [5, 5.41) is 6.49. The summed E-state index contributed by atoms with van der Waals surface area (Å²) in [7, 11) is 5.78. The number of carbonyl (C=O) groups is 1. The molecule has 2 rings (SSSR count). The summed E-state index contributed by atoms with van der Waals surface area (Å²) in [6.45, 7) is 0.974. The van der Waals surface area contributed by atoms with Gasteiger partial charge in [0.2, 0.25) is 5.91 Å². The molecule has 1 amide bonds. The van der Waals surface area contributed by atoms with Crippen LogP contribution in [0.5, 0.6) is 0 Å². The smallest absolute Gasteiger partial charge is 0.231 e. The third-order valence-corrected chi connectivity index (χ3v) is 3.61. The van der Waals surface area contributed by atoms with Crippen LogP contribution in [0, 0.1) is 0 Å². The molecule has 0 saturated heterocycles. The molecule has 2 N–H and O–H groups in total. The van der Waals surface area contributed by atoms with Gasteiger partial charge in [-0.05, 0) is 44.3 Å². The number of hydrogen-bond donors (Lipinski definition) is 2. The molecular weight excluding hydrogens is 226 g/mol. The maximum absolute atomic E-state index is 11.7. The first-order valence-corrected chi connectivity index (χ1v) is 6.38. The molecular formula is C14H21N3O. The van der Waals surface area contributed by atoms with Crippen molar-refractivity contribution in [3.63, 3.8) is 0 Å². The lowest BCUT2D eigenvalue weighted by Crippen LogP contribution is -2.21. The normalized spacial score (nSPS) is 15.9. The predicted octanol–water partition coefficient (Wildman–Crippen LogP) is 1.08. The van der Waals surface area contributed by atoms with Crippen molar-refractivity contribution >= 4 is 11.6 Å². The fraction of sp³-hybridized carbons (Fsp3) is 0.500. The van der Waals surface area contributed by atoms with E-state index in [9.17, 15) is 4.79 Å². The highest BCUT2D eigenvalue weighted by Gasteiger charge is 2.24. The van der Waals surface area contributed by atoms with Crippen molar-refractivity contribution < 1.29 is 4.79 Å². The van der Waals surface area contributed by atoms with E-state index in [-0.39, 0.29) is 5.91 Å². The van der Waals surface area contributed by atoms with E-state index in [1.165, 1.54) is 5.56 Å². The third-order valence-electron chi connectivity index (χ3n) is 3.61. The van der Waals surface area contributed by atoms with Crippen LogP contribution in [-0.4, -0.2) is 33.6 Å². The second-order valence-electron chi connectivity index (χ2n) is 4.75. The van der Waals surface area contributed by atoms with Gasteiger partial charge in [0, 0.05) is 18.8 Å². The molecule has 4 nitrogen and oxygen atoms in total. The highest BCUT2D eigenvalue weighted by atomic mass is 16.2. The molecule has 0 aromatic heterocycles. The average molecular weight is 247 g/mol. The Labute approximate surface area is 108 Å². The standard InChI is InChI=1S/C14H21N3O/c1-15-7-6-12(16-2)10-4-5-13-11(8-10)9-14(18)17(13)3/h4-5,8,12,15-16H,6-7,9H2,1-3H3. The van der Waals surface area contributed by atoms with Crippen LogP contribution < -0.4 is 15.5 Å². The lowest BCUT2D eigenvalue weighted by molar-refractivity contribution is -0.117. The summed E-state index contributed by atoms with van der Waals surface area (Å²) in [6.07, 6.45) is 1.57. The van der Waals surface area contributed by atoms with Gasteiger partial charge >= 0.3 is 0 Å². The molecule has 1 aromatic carbocycles. The van der Waals surface area contributed by atoms with Crippen molar-refractivity contribution in [3.05, 3.63) is 29.3 Å². The minimum absolute atomic E-state index is 0.179. The molecule has 0 radical (unpaired) electrons. The first-order valence-electron chi connectivity index (χ1n) is 6.38. The van der Waals surface area contributed by atoms with Crippen LogP contribution in [0.1, 0.15) is 23.6 Å². The molecule has 1 aliphatic rings. The van der Waals surface area contributed by atoms with E-state index in [0.29, 0.717) is 12.5 Å². The Morgan fingerprint density at radius 2 is 2.17 bits per heavy atom. The fourth-order valence-electron chi connectivity index (χ4n) is 2.47. The summed E-state index contributed by atoms with van der Waals surface area (Å²) in [5.74, 6) is 0.179. The van der Waals surface area contributed by atoms with Gasteiger partial charge in [-0.1, -0.05) is 12.1 Å². The number of nitrogens with one attached hydrogen (secondary N) is 2. The van der Waals surface area contributed by atoms with Crippen LogP contribution in [-0.2, 0) is 11.2 Å². The zero-order valence-electron chi connectivity index (χ0n) is 11.3. The highest BCUT2D eigenvalue weighted by Crippen LogP contribution is 2.30. The molecule has 4 heteroatoms. The lowest BCUT2D eigenvalue weighted by Gasteiger charge is -2.18. The van der Waals surface area contributed by atoms with Gasteiger partial charge in [-0.2, -0.15) is 0 Å². The van der Waals surface area contributed by atoms with Crippen molar-refractivity contribution in [3.8, 4) is 0 Å². The molecule has 1 atom stereocenters. The van der Waals surface area contributed by atoms with Gasteiger partial charge in [-0.3, -0.25) is 4.79 Å². The number of fused-ring (bicyclic) bond motifs is 1. The maximum atomic E-state index is 11.7. The highest BCUT2D eigenvalue weighted by molar-refractivity contribution is 6.00. The van der Waals surface area contributed by atoms with Crippen molar-refractivity contribution in [1.29, 1.82) is 0 Å². The first-order chi connectivity index (χ1) is 8.67. The number of amides is 1. The van der Waals surface area contributed by atoms with Crippen LogP contribution in [0.25, 0.3) is 0 Å². The zero-order valence-corrected chi connectivity index (χ0v) is 11.3. The summed E-state index contributed by atoms with van der Waals surface area (Å²) in [6, 6.07) is 6.67. The van der Waals surface area contributed by atoms with Crippen LogP contribution in [0.4, 0.5) is 5.69 Å². The summed E-state index contributed by atoms with van der Waals surface area (Å²) < 4.78 is 0. The minimum atomic E-state index is 0.179. The van der Waals surface area contributed by atoms with E-state index in [4.69, 9.17) is 0 Å². The largest absolute Gasteiger partial charge is 0.320 e. The molecule has 18 heavy (non-hydrogen) atoms. The number of benzene rings is 1. The van der Waals surface area contributed by atoms with Gasteiger partial charge in [-0.15, -0.1) is 0 Å². The van der Waals surface area contributed by atoms with Crippen LogP contribution >= 0.6 is 0 Å². The predicted molar refractivity (Wildman–Crippen MR) is 73.9 cm³/mol. The molecule has 0 bridgehead atoms. The Hall–Kier alpha value is -1.39. The zero-order chi connectivity index (χ0) is 13.1. The van der Waals surface area contributed by atoms with E-state index in [1.807, 2.05) is 21.1 Å². The van der Waals surface area contributed by atoms with Gasteiger partial charge in [0.1, 0.15) is 0 Å². The molecule has 0 aliphatic carbocycles. The van der Waals surface area contributed by atoms with E-state index < -0.39 is 0 Å². The lowest BCUT2D eigenvalue weighted by atomic mass is 10.00. The summed E-state index contributed by atoms with van der Waals surface area (Å²) in [4.78, 5) is 13.4. The molecule has 0 fully saturated rings. The average Bonchev–Trinajstić information content (AvgIpc) is 2.66. The third kappa shape index (κ3) is 2.40. The number of carbonyl (C=O) groups excluding carboxylic acids is 1. The molecule has 1 unspecified atom stereocenters. The minimum Gasteiger partial charge on any atom is -0.320 e. The number of rotatable bonds is 5. The van der Waals surface area contributed by atoms with Crippen molar-refractivity contribution in [2.45, 2.75) is 18.9 Å². The number of likely N-dealkylation sites (N-methyl/N-ethyl adjacent to an activating group) is 1. The quantitative estimate of drug-likeness (QED) is 0.818. The Morgan fingerprint density at radius 1 is 1.39 bits per heavy atom. The number of anilines is 1. The SMILES string of the molecule is CNCCC(NC)c1ccc2c(c1)CC(=O)N2C.